The van der Waals surface area contributed by atoms with E-state index in [1.54, 1.807) is 12.1 Å². The molecule has 2 nitrogen and oxygen atoms in total. The summed E-state index contributed by atoms with van der Waals surface area (Å²) in [5.74, 6) is 1.06. The summed E-state index contributed by atoms with van der Waals surface area (Å²) in [7, 11) is -0.464. The van der Waals surface area contributed by atoms with Gasteiger partial charge < -0.3 is 9.63 Å². The van der Waals surface area contributed by atoms with E-state index in [2.05, 4.69) is 20.8 Å². The molecule has 0 bridgehead atoms. The van der Waals surface area contributed by atoms with Gasteiger partial charge in [0.2, 0.25) is 0 Å². The number of benzene rings is 1. The van der Waals surface area contributed by atoms with Crippen LogP contribution >= 0.6 is 8.15 Å². The highest BCUT2D eigenvalue weighted by Crippen LogP contribution is 2.39. The topological polar surface area (TPSA) is 29.5 Å². The summed E-state index contributed by atoms with van der Waals surface area (Å²) in [6.45, 7) is 10.5. The highest BCUT2D eigenvalue weighted by atomic mass is 31.1. The minimum Gasteiger partial charge on any atom is -0.508 e. The molecule has 0 spiro atoms. The van der Waals surface area contributed by atoms with E-state index in [1.165, 1.54) is 0 Å². The maximum Gasteiger partial charge on any atom is 0.130 e. The molecule has 0 fully saturated rings. The summed E-state index contributed by atoms with van der Waals surface area (Å²) in [5, 5.41) is 9.44. The van der Waals surface area contributed by atoms with Crippen LogP contribution in [0.15, 0.2) is 18.2 Å². The Balaban J connectivity index is 3.15. The molecule has 0 heterocycles. The quantitative estimate of drug-likeness (QED) is 0.779. The molecular formula is C12H19O2P. The fraction of sp³-hybridized carbons (Fsp3) is 0.500. The molecule has 0 unspecified atom stereocenters. The van der Waals surface area contributed by atoms with E-state index in [4.69, 9.17) is 4.52 Å². The van der Waals surface area contributed by atoms with Crippen molar-refractivity contribution in [3.05, 3.63) is 23.8 Å². The Labute approximate surface area is 93.1 Å². The van der Waals surface area contributed by atoms with E-state index in [9.17, 15) is 5.11 Å². The normalized spacial score (nSPS) is 11.9. The van der Waals surface area contributed by atoms with Crippen LogP contribution in [0.4, 0.5) is 0 Å². The Morgan fingerprint density at radius 2 is 1.80 bits per heavy atom. The molecule has 0 saturated carbocycles. The third-order valence-electron chi connectivity index (χ3n) is 2.05. The van der Waals surface area contributed by atoms with Gasteiger partial charge in [0.05, 0.1) is 8.15 Å². The predicted octanol–water partition coefficient (Wildman–Crippen LogP) is 3.73. The monoisotopic (exact) mass is 226 g/mol. The molecular weight excluding hydrogens is 207 g/mol. The van der Waals surface area contributed by atoms with Gasteiger partial charge in [-0.05, 0) is 24.8 Å². The number of phenolic OH excluding ortho intramolecular Hbond substituents is 1. The van der Waals surface area contributed by atoms with Crippen LogP contribution in [0.3, 0.4) is 0 Å². The summed E-state index contributed by atoms with van der Waals surface area (Å²) < 4.78 is 5.76. The van der Waals surface area contributed by atoms with Crippen LogP contribution in [0.25, 0.3) is 0 Å². The molecule has 1 N–H and O–H groups in total. The van der Waals surface area contributed by atoms with Crippen molar-refractivity contribution >= 4 is 8.15 Å². The van der Waals surface area contributed by atoms with Gasteiger partial charge in [-0.15, -0.1) is 0 Å². The van der Waals surface area contributed by atoms with Gasteiger partial charge in [-0.3, -0.25) is 0 Å². The van der Waals surface area contributed by atoms with E-state index in [0.717, 1.165) is 11.3 Å². The van der Waals surface area contributed by atoms with E-state index < -0.39 is 8.15 Å². The highest BCUT2D eigenvalue weighted by Gasteiger charge is 2.19. The van der Waals surface area contributed by atoms with Crippen molar-refractivity contribution in [2.75, 3.05) is 13.3 Å². The first-order valence-electron chi connectivity index (χ1n) is 4.99. The van der Waals surface area contributed by atoms with Crippen LogP contribution in [0.2, 0.25) is 0 Å². The summed E-state index contributed by atoms with van der Waals surface area (Å²) in [5.41, 5.74) is 1.17. The van der Waals surface area contributed by atoms with E-state index in [-0.39, 0.29) is 11.2 Å². The van der Waals surface area contributed by atoms with E-state index in [1.807, 2.05) is 19.4 Å². The average Bonchev–Trinajstić information content (AvgIpc) is 1.99. The summed E-state index contributed by atoms with van der Waals surface area (Å²) in [6, 6.07) is 5.34. The number of rotatable bonds is 2. The minimum atomic E-state index is -0.464. The second-order valence-electron chi connectivity index (χ2n) is 4.83. The number of hydrogen-bond donors (Lipinski definition) is 1. The molecule has 0 aliphatic carbocycles. The number of hydrogen-bond acceptors (Lipinski definition) is 2. The molecule has 0 aromatic heterocycles. The Bertz CT molecular complexity index is 340. The van der Waals surface area contributed by atoms with Crippen LogP contribution in [0.5, 0.6) is 11.5 Å². The van der Waals surface area contributed by atoms with Crippen LogP contribution < -0.4 is 4.52 Å². The molecule has 3 heteroatoms. The molecule has 0 atom stereocenters. The smallest absolute Gasteiger partial charge is 0.130 e. The van der Waals surface area contributed by atoms with Gasteiger partial charge in [-0.1, -0.05) is 26.8 Å². The first-order chi connectivity index (χ1) is 6.80. The van der Waals surface area contributed by atoms with Gasteiger partial charge in [0, 0.05) is 11.6 Å². The van der Waals surface area contributed by atoms with Gasteiger partial charge >= 0.3 is 0 Å². The standard InChI is InChI=1S/C12H19O2P/c1-12(2,3)10-7-6-9(13)8-11(10)14-15(4)5/h6-8,13H,1-5H3. The van der Waals surface area contributed by atoms with Crippen molar-refractivity contribution < 1.29 is 9.63 Å². The van der Waals surface area contributed by atoms with Crippen molar-refractivity contribution in [1.29, 1.82) is 0 Å². The molecule has 1 rings (SSSR count). The Morgan fingerprint density at radius 3 is 2.27 bits per heavy atom. The Kier molecular flexibility index (Phi) is 3.62. The average molecular weight is 226 g/mol. The van der Waals surface area contributed by atoms with Gasteiger partial charge in [0.25, 0.3) is 0 Å². The zero-order chi connectivity index (χ0) is 11.6. The molecule has 0 aliphatic heterocycles. The van der Waals surface area contributed by atoms with Crippen molar-refractivity contribution in [2.24, 2.45) is 0 Å². The predicted molar refractivity (Wildman–Crippen MR) is 66.2 cm³/mol. The third kappa shape index (κ3) is 3.39. The molecule has 84 valence electrons. The van der Waals surface area contributed by atoms with Crippen molar-refractivity contribution in [3.8, 4) is 11.5 Å². The number of aromatic hydroxyl groups is 1. The largest absolute Gasteiger partial charge is 0.508 e. The van der Waals surface area contributed by atoms with Gasteiger partial charge in [0.15, 0.2) is 0 Å². The summed E-state index contributed by atoms with van der Waals surface area (Å²) >= 11 is 0. The number of phenols is 1. The zero-order valence-electron chi connectivity index (χ0n) is 10.0. The molecule has 15 heavy (non-hydrogen) atoms. The first kappa shape index (κ1) is 12.3. The van der Waals surface area contributed by atoms with Crippen molar-refractivity contribution in [2.45, 2.75) is 26.2 Å². The zero-order valence-corrected chi connectivity index (χ0v) is 10.9. The molecule has 0 saturated heterocycles. The van der Waals surface area contributed by atoms with Gasteiger partial charge in [-0.2, -0.15) is 0 Å². The second-order valence-corrected chi connectivity index (χ2v) is 6.64. The van der Waals surface area contributed by atoms with Crippen molar-refractivity contribution in [1.82, 2.24) is 0 Å². The third-order valence-corrected chi connectivity index (χ3v) is 2.62. The van der Waals surface area contributed by atoms with Crippen molar-refractivity contribution in [3.63, 3.8) is 0 Å². The van der Waals surface area contributed by atoms with E-state index in [0.29, 0.717) is 0 Å². The lowest BCUT2D eigenvalue weighted by Crippen LogP contribution is -2.12. The van der Waals surface area contributed by atoms with E-state index >= 15 is 0 Å². The molecule has 0 aliphatic rings. The van der Waals surface area contributed by atoms with Gasteiger partial charge in [0.1, 0.15) is 11.5 Å². The lowest BCUT2D eigenvalue weighted by molar-refractivity contribution is 0.467. The Morgan fingerprint density at radius 1 is 1.20 bits per heavy atom. The highest BCUT2D eigenvalue weighted by molar-refractivity contribution is 7.51. The van der Waals surface area contributed by atoms with Gasteiger partial charge in [-0.25, -0.2) is 0 Å². The van der Waals surface area contributed by atoms with Crippen LogP contribution in [0.1, 0.15) is 26.3 Å². The molecule has 1 aromatic rings. The Hall–Kier alpha value is -0.750. The van der Waals surface area contributed by atoms with Crippen LogP contribution in [-0.2, 0) is 5.41 Å². The molecule has 1 aromatic carbocycles. The molecule has 0 amide bonds. The fourth-order valence-corrected chi connectivity index (χ4v) is 1.95. The minimum absolute atomic E-state index is 0.0361. The van der Waals surface area contributed by atoms with Crippen LogP contribution in [0, 0.1) is 0 Å². The summed E-state index contributed by atoms with van der Waals surface area (Å²) in [4.78, 5) is 0. The summed E-state index contributed by atoms with van der Waals surface area (Å²) in [6.07, 6.45) is 0. The first-order valence-corrected chi connectivity index (χ1v) is 7.15. The SMILES string of the molecule is CP(C)Oc1cc(O)ccc1C(C)(C)C. The second kappa shape index (κ2) is 4.40. The lowest BCUT2D eigenvalue weighted by Gasteiger charge is -2.23. The fourth-order valence-electron chi connectivity index (χ4n) is 1.40. The lowest BCUT2D eigenvalue weighted by atomic mass is 9.86. The molecule has 0 radical (unpaired) electrons. The maximum atomic E-state index is 9.44. The maximum absolute atomic E-state index is 9.44. The van der Waals surface area contributed by atoms with Crippen LogP contribution in [-0.4, -0.2) is 18.4 Å².